The maximum absolute atomic E-state index is 13.9. The molecule has 3 aliphatic rings. The molecule has 2 saturated carbocycles. The zero-order valence-corrected chi connectivity index (χ0v) is 27.6. The van der Waals surface area contributed by atoms with Crippen molar-refractivity contribution < 1.29 is 9.59 Å². The molecule has 2 aromatic carbocycles. The summed E-state index contributed by atoms with van der Waals surface area (Å²) in [5.41, 5.74) is 5.35. The molecule has 3 atom stereocenters. The molecule has 1 aliphatic heterocycles. The van der Waals surface area contributed by atoms with E-state index in [-0.39, 0.29) is 11.8 Å². The zero-order chi connectivity index (χ0) is 30.3. The summed E-state index contributed by atoms with van der Waals surface area (Å²) in [6, 6.07) is 15.8. The van der Waals surface area contributed by atoms with Crippen molar-refractivity contribution in [3.8, 4) is 0 Å². The third-order valence-electron chi connectivity index (χ3n) is 9.99. The molecule has 0 bridgehead atoms. The Labute approximate surface area is 263 Å². The summed E-state index contributed by atoms with van der Waals surface area (Å²) >= 11 is 1.77. The second-order valence-electron chi connectivity index (χ2n) is 13.0. The summed E-state index contributed by atoms with van der Waals surface area (Å²) in [6.45, 7) is 11.1. The van der Waals surface area contributed by atoms with Gasteiger partial charge in [-0.25, -0.2) is 0 Å². The van der Waals surface area contributed by atoms with Crippen molar-refractivity contribution in [3.05, 3.63) is 75.2 Å². The van der Waals surface area contributed by atoms with Crippen LogP contribution < -0.4 is 5.32 Å². The van der Waals surface area contributed by atoms with Crippen LogP contribution in [0, 0.1) is 13.8 Å². The van der Waals surface area contributed by atoms with Gasteiger partial charge in [0.05, 0.1) is 4.91 Å². The van der Waals surface area contributed by atoms with E-state index in [4.69, 9.17) is 0 Å². The maximum Gasteiger partial charge on any atom is 0.260 e. The highest BCUT2D eigenvalue weighted by atomic mass is 32.2. The Morgan fingerprint density at radius 2 is 1.74 bits per heavy atom. The fourth-order valence-corrected chi connectivity index (χ4v) is 8.68. The second-order valence-corrected chi connectivity index (χ2v) is 14.3. The third-order valence-corrected chi connectivity index (χ3v) is 11.4. The lowest BCUT2D eigenvalue weighted by Crippen LogP contribution is -2.50. The van der Waals surface area contributed by atoms with Crippen molar-refractivity contribution in [2.45, 2.75) is 122 Å². The van der Waals surface area contributed by atoms with E-state index in [0.29, 0.717) is 42.0 Å². The van der Waals surface area contributed by atoms with E-state index in [1.165, 1.54) is 61.6 Å². The molecular formula is C37H51N3O2S. The Morgan fingerprint density at radius 1 is 1.02 bits per heavy atom. The fraction of sp³-hybridized carbons (Fsp3) is 0.568. The first kappa shape index (κ1) is 31.8. The number of rotatable bonds is 10. The molecule has 2 aromatic rings. The molecule has 5 nitrogen and oxygen atoms in total. The van der Waals surface area contributed by atoms with Crippen molar-refractivity contribution in [1.29, 1.82) is 0 Å². The van der Waals surface area contributed by atoms with Crippen LogP contribution in [-0.4, -0.2) is 58.1 Å². The van der Waals surface area contributed by atoms with Gasteiger partial charge in [0.15, 0.2) is 0 Å². The average molecular weight is 602 g/mol. The Kier molecular flexibility index (Phi) is 11.1. The van der Waals surface area contributed by atoms with Crippen LogP contribution in [0.2, 0.25) is 0 Å². The summed E-state index contributed by atoms with van der Waals surface area (Å²) in [5, 5.41) is 3.60. The molecule has 3 fully saturated rings. The monoisotopic (exact) mass is 601 g/mol. The van der Waals surface area contributed by atoms with Crippen molar-refractivity contribution >= 4 is 29.7 Å². The predicted octanol–water partition coefficient (Wildman–Crippen LogP) is 7.89. The fourth-order valence-electron chi connectivity index (χ4n) is 7.21. The lowest BCUT2D eigenvalue weighted by molar-refractivity contribution is -0.130. The van der Waals surface area contributed by atoms with Gasteiger partial charge in [0.2, 0.25) is 0 Å². The van der Waals surface area contributed by atoms with Gasteiger partial charge in [-0.15, -0.1) is 11.8 Å². The number of nitrogens with one attached hydrogen (secondary N) is 1. The summed E-state index contributed by atoms with van der Waals surface area (Å²) in [5.74, 6) is 0.111. The minimum Gasteiger partial charge on any atom is -0.351 e. The standard InChI is InChI=1S/C37H51N3O2S/c1-5-28(4)39(32-11-7-6-8-12-32)22-21-38-36(41)30-19-17-29(18-20-30)24-35-37(42)40(33-13-9-10-14-34(33)43-35)25-31-23-26(2)15-16-27(31)3/h15-20,23-24,28,32-34H,5-14,21-22,25H2,1-4H3,(H,38,41)/b35-24-. The number of benzene rings is 2. The first-order valence-electron chi connectivity index (χ1n) is 16.7. The normalized spacial score (nSPS) is 23.0. The number of thioether (sulfide) groups is 1. The highest BCUT2D eigenvalue weighted by Crippen LogP contribution is 2.43. The maximum atomic E-state index is 13.9. The van der Waals surface area contributed by atoms with Crippen LogP contribution >= 0.6 is 11.8 Å². The van der Waals surface area contributed by atoms with Crippen molar-refractivity contribution in [1.82, 2.24) is 15.1 Å². The highest BCUT2D eigenvalue weighted by Gasteiger charge is 2.40. The Balaban J connectivity index is 1.23. The van der Waals surface area contributed by atoms with Gasteiger partial charge in [-0.1, -0.05) is 74.9 Å². The van der Waals surface area contributed by atoms with Crippen LogP contribution in [0.5, 0.6) is 0 Å². The number of aryl methyl sites for hydroxylation is 2. The molecule has 232 valence electrons. The molecule has 1 saturated heterocycles. The molecule has 0 spiro atoms. The molecule has 3 unspecified atom stereocenters. The van der Waals surface area contributed by atoms with Crippen molar-refractivity contribution in [2.75, 3.05) is 13.1 Å². The smallest absolute Gasteiger partial charge is 0.260 e. The molecule has 1 N–H and O–H groups in total. The van der Waals surface area contributed by atoms with E-state index < -0.39 is 0 Å². The van der Waals surface area contributed by atoms with Gasteiger partial charge < -0.3 is 10.2 Å². The topological polar surface area (TPSA) is 52.7 Å². The van der Waals surface area contributed by atoms with Crippen LogP contribution in [0.25, 0.3) is 6.08 Å². The van der Waals surface area contributed by atoms with E-state index in [2.05, 4.69) is 61.0 Å². The molecular weight excluding hydrogens is 550 g/mol. The van der Waals surface area contributed by atoms with Gasteiger partial charge in [0.25, 0.3) is 11.8 Å². The molecule has 6 heteroatoms. The minimum atomic E-state index is -0.0280. The molecule has 5 rings (SSSR count). The van der Waals surface area contributed by atoms with E-state index in [1.54, 1.807) is 11.8 Å². The van der Waals surface area contributed by atoms with E-state index in [0.717, 1.165) is 36.3 Å². The van der Waals surface area contributed by atoms with E-state index in [1.807, 2.05) is 30.3 Å². The largest absolute Gasteiger partial charge is 0.351 e. The Bertz CT molecular complexity index is 1280. The van der Waals surface area contributed by atoms with Gasteiger partial charge in [-0.05, 0) is 87.8 Å². The minimum absolute atomic E-state index is 0.0280. The average Bonchev–Trinajstić information content (AvgIpc) is 3.03. The molecule has 2 amide bonds. The Morgan fingerprint density at radius 3 is 2.49 bits per heavy atom. The number of amides is 2. The number of fused-ring (bicyclic) bond motifs is 1. The number of nitrogens with zero attached hydrogens (tertiary/aromatic N) is 2. The van der Waals surface area contributed by atoms with Gasteiger partial charge >= 0.3 is 0 Å². The van der Waals surface area contributed by atoms with E-state index in [9.17, 15) is 9.59 Å². The summed E-state index contributed by atoms with van der Waals surface area (Å²) in [4.78, 5) is 32.5. The van der Waals surface area contributed by atoms with Crippen molar-refractivity contribution in [3.63, 3.8) is 0 Å². The SMILES string of the molecule is CCC(C)N(CCNC(=O)c1ccc(/C=C2\SC3CCCCC3N(Cc3cc(C)ccc3C)C2=O)cc1)C1CCCCC1. The quantitative estimate of drug-likeness (QED) is 0.281. The van der Waals surface area contributed by atoms with Crippen molar-refractivity contribution in [2.24, 2.45) is 0 Å². The zero-order valence-electron chi connectivity index (χ0n) is 26.7. The molecule has 1 heterocycles. The lowest BCUT2D eigenvalue weighted by atomic mass is 9.92. The Hall–Kier alpha value is -2.57. The first-order valence-corrected chi connectivity index (χ1v) is 17.6. The molecule has 0 aromatic heterocycles. The second kappa shape index (κ2) is 14.9. The molecule has 43 heavy (non-hydrogen) atoms. The summed E-state index contributed by atoms with van der Waals surface area (Å²) in [6.07, 6.45) is 14.4. The van der Waals surface area contributed by atoms with Crippen LogP contribution in [-0.2, 0) is 11.3 Å². The summed E-state index contributed by atoms with van der Waals surface area (Å²) < 4.78 is 0. The number of carbonyl (C=O) groups is 2. The van der Waals surface area contributed by atoms with Crippen LogP contribution in [0.4, 0.5) is 0 Å². The van der Waals surface area contributed by atoms with Gasteiger partial charge in [0, 0.05) is 48.6 Å². The van der Waals surface area contributed by atoms with Gasteiger partial charge in [-0.3, -0.25) is 14.5 Å². The van der Waals surface area contributed by atoms with Gasteiger partial charge in [0.1, 0.15) is 0 Å². The van der Waals surface area contributed by atoms with Crippen LogP contribution in [0.15, 0.2) is 47.4 Å². The number of carbonyl (C=O) groups excluding carboxylic acids is 2. The van der Waals surface area contributed by atoms with E-state index >= 15 is 0 Å². The van der Waals surface area contributed by atoms with Gasteiger partial charge in [-0.2, -0.15) is 0 Å². The predicted molar refractivity (Wildman–Crippen MR) is 180 cm³/mol. The number of hydrogen-bond donors (Lipinski definition) is 1. The number of hydrogen-bond acceptors (Lipinski definition) is 4. The molecule has 0 radical (unpaired) electrons. The first-order chi connectivity index (χ1) is 20.8. The summed E-state index contributed by atoms with van der Waals surface area (Å²) in [7, 11) is 0. The lowest BCUT2D eigenvalue weighted by Gasteiger charge is -2.44. The molecule has 2 aliphatic carbocycles. The van der Waals surface area contributed by atoms with Crippen LogP contribution in [0.3, 0.4) is 0 Å². The third kappa shape index (κ3) is 7.94. The highest BCUT2D eigenvalue weighted by molar-refractivity contribution is 8.04. The van der Waals surface area contributed by atoms with Crippen LogP contribution in [0.1, 0.15) is 111 Å².